The first-order valence-electron chi connectivity index (χ1n) is 7.78. The van der Waals surface area contributed by atoms with Crippen molar-refractivity contribution in [3.63, 3.8) is 0 Å². The minimum atomic E-state index is -6.41. The van der Waals surface area contributed by atoms with E-state index in [2.05, 4.69) is 0 Å². The van der Waals surface area contributed by atoms with Gasteiger partial charge in [0.05, 0.1) is 0 Å². The molecule has 0 saturated carbocycles. The number of anilines is 1. The van der Waals surface area contributed by atoms with Gasteiger partial charge in [-0.05, 0) is 24.3 Å². The molecule has 0 atom stereocenters. The van der Waals surface area contributed by atoms with Crippen LogP contribution < -0.4 is 10.6 Å². The van der Waals surface area contributed by atoms with Gasteiger partial charge in [-0.1, -0.05) is 23.7 Å². The van der Waals surface area contributed by atoms with Crippen LogP contribution in [-0.2, 0) is 5.67 Å². The number of hydrogen-bond donors (Lipinski definition) is 2. The molecule has 0 saturated heterocycles. The number of rotatable bonds is 3. The molecule has 4 nitrogen and oxygen atoms in total. The summed E-state index contributed by atoms with van der Waals surface area (Å²) in [5.41, 5.74) is -9.45. The maximum Gasteiger partial charge on any atom is 0.436 e. The summed E-state index contributed by atoms with van der Waals surface area (Å²) in [6.45, 7) is 0. The Bertz CT molecular complexity index is 987. The van der Waals surface area contributed by atoms with Crippen LogP contribution in [0.1, 0.15) is 15.9 Å². The van der Waals surface area contributed by atoms with Crippen LogP contribution in [0.15, 0.2) is 36.4 Å². The zero-order valence-electron chi connectivity index (χ0n) is 14.6. The van der Waals surface area contributed by atoms with E-state index in [1.807, 2.05) is 0 Å². The number of halogens is 10. The fraction of sp³-hybridized carbons (Fsp3) is 0.176. The molecule has 14 heteroatoms. The highest BCUT2D eigenvalue weighted by molar-refractivity contribution is 6.31. The Morgan fingerprint density at radius 3 is 1.81 bits per heavy atom. The number of benzene rings is 2. The third-order valence-electron chi connectivity index (χ3n) is 3.80. The van der Waals surface area contributed by atoms with Crippen LogP contribution in [0.2, 0.25) is 5.02 Å². The van der Waals surface area contributed by atoms with Crippen LogP contribution in [0.4, 0.5) is 50.0 Å². The Hall–Kier alpha value is -2.96. The minimum Gasteiger partial charge on any atom is -0.308 e. The van der Waals surface area contributed by atoms with Crippen molar-refractivity contribution in [2.24, 2.45) is 0 Å². The van der Waals surface area contributed by atoms with Crippen LogP contribution in [0.3, 0.4) is 0 Å². The van der Waals surface area contributed by atoms with E-state index in [1.165, 1.54) is 5.32 Å². The summed E-state index contributed by atoms with van der Waals surface area (Å²) in [4.78, 5) is 23.5. The average Bonchev–Trinajstić information content (AvgIpc) is 2.59. The van der Waals surface area contributed by atoms with Gasteiger partial charge in [0.2, 0.25) is 0 Å². The monoisotopic (exact) mass is 478 g/mol. The summed E-state index contributed by atoms with van der Waals surface area (Å²) in [5, 5.41) is 1.94. The van der Waals surface area contributed by atoms with Crippen LogP contribution in [0.5, 0.6) is 0 Å². The number of carbonyl (C=O) groups excluding carboxylic acids is 2. The summed E-state index contributed by atoms with van der Waals surface area (Å²) in [5.74, 6) is -4.15. The van der Waals surface area contributed by atoms with E-state index in [-0.39, 0.29) is 6.07 Å². The van der Waals surface area contributed by atoms with Gasteiger partial charge in [0.1, 0.15) is 17.2 Å². The molecule has 0 unspecified atom stereocenters. The van der Waals surface area contributed by atoms with E-state index in [0.29, 0.717) is 12.1 Å². The molecule has 0 heterocycles. The largest absolute Gasteiger partial charge is 0.436 e. The van der Waals surface area contributed by atoms with Crippen LogP contribution in [0, 0.1) is 11.6 Å². The van der Waals surface area contributed by atoms with E-state index in [0.717, 1.165) is 18.2 Å². The maximum absolute atomic E-state index is 14.1. The molecule has 0 aliphatic heterocycles. The van der Waals surface area contributed by atoms with E-state index < -0.39 is 63.4 Å². The SMILES string of the molecule is O=C(NC(=O)c1c(F)cccc1F)Nc1ccc(C(F)(C(F)(F)F)C(F)(F)F)c(Cl)c1. The number of imide groups is 1. The molecular formula is C17H8ClF9N2O2. The van der Waals surface area contributed by atoms with Crippen LogP contribution in [0.25, 0.3) is 0 Å². The van der Waals surface area contributed by atoms with Crippen molar-refractivity contribution >= 4 is 29.2 Å². The Balaban J connectivity index is 2.26. The number of carbonyl (C=O) groups is 2. The normalized spacial score (nSPS) is 12.5. The van der Waals surface area contributed by atoms with Crippen molar-refractivity contribution in [3.05, 3.63) is 64.2 Å². The van der Waals surface area contributed by atoms with Gasteiger partial charge >= 0.3 is 24.1 Å². The van der Waals surface area contributed by atoms with Gasteiger partial charge in [-0.3, -0.25) is 10.1 Å². The molecule has 2 aromatic rings. The molecule has 0 bridgehead atoms. The van der Waals surface area contributed by atoms with Crippen LogP contribution in [-0.4, -0.2) is 24.3 Å². The molecule has 2 rings (SSSR count). The van der Waals surface area contributed by atoms with Crippen molar-refractivity contribution in [2.45, 2.75) is 18.0 Å². The van der Waals surface area contributed by atoms with Gasteiger partial charge in [0.25, 0.3) is 5.91 Å². The summed E-state index contributed by atoms with van der Waals surface area (Å²) in [7, 11) is 0. The molecule has 0 aromatic heterocycles. The Labute approximate surface area is 172 Å². The molecule has 168 valence electrons. The molecule has 0 aliphatic carbocycles. The molecule has 2 N–H and O–H groups in total. The number of nitrogens with one attached hydrogen (secondary N) is 2. The van der Waals surface area contributed by atoms with Gasteiger partial charge < -0.3 is 5.32 Å². The molecule has 3 amide bonds. The molecule has 2 aromatic carbocycles. The quantitative estimate of drug-likeness (QED) is 0.542. The van der Waals surface area contributed by atoms with E-state index >= 15 is 0 Å². The zero-order valence-corrected chi connectivity index (χ0v) is 15.3. The predicted molar refractivity (Wildman–Crippen MR) is 89.2 cm³/mol. The van der Waals surface area contributed by atoms with Crippen molar-refractivity contribution < 1.29 is 49.1 Å². The van der Waals surface area contributed by atoms with Crippen molar-refractivity contribution in [3.8, 4) is 0 Å². The average molecular weight is 479 g/mol. The fourth-order valence-corrected chi connectivity index (χ4v) is 2.69. The molecule has 0 spiro atoms. The number of urea groups is 1. The Morgan fingerprint density at radius 1 is 0.839 bits per heavy atom. The lowest BCUT2D eigenvalue weighted by atomic mass is 9.94. The highest BCUT2D eigenvalue weighted by Crippen LogP contribution is 2.54. The van der Waals surface area contributed by atoms with Crippen LogP contribution >= 0.6 is 11.6 Å². The lowest BCUT2D eigenvalue weighted by Gasteiger charge is -2.31. The molecular weight excluding hydrogens is 471 g/mol. The first-order valence-corrected chi connectivity index (χ1v) is 8.16. The third-order valence-corrected chi connectivity index (χ3v) is 4.11. The lowest BCUT2D eigenvalue weighted by Crippen LogP contribution is -2.50. The molecule has 0 aliphatic rings. The molecule has 0 fully saturated rings. The van der Waals surface area contributed by atoms with E-state index in [1.54, 1.807) is 5.32 Å². The number of hydrogen-bond acceptors (Lipinski definition) is 2. The van der Waals surface area contributed by atoms with E-state index in [9.17, 15) is 49.1 Å². The van der Waals surface area contributed by atoms with Crippen molar-refractivity contribution in [1.82, 2.24) is 5.32 Å². The fourth-order valence-electron chi connectivity index (χ4n) is 2.38. The first kappa shape index (κ1) is 24.3. The number of amides is 3. The minimum absolute atomic E-state index is 0.0390. The molecule has 0 radical (unpaired) electrons. The van der Waals surface area contributed by atoms with Crippen molar-refractivity contribution in [1.29, 1.82) is 0 Å². The number of alkyl halides is 7. The third kappa shape index (κ3) is 4.70. The molecule has 31 heavy (non-hydrogen) atoms. The topological polar surface area (TPSA) is 58.2 Å². The van der Waals surface area contributed by atoms with Gasteiger partial charge in [-0.2, -0.15) is 26.3 Å². The van der Waals surface area contributed by atoms with Gasteiger partial charge in [-0.15, -0.1) is 0 Å². The van der Waals surface area contributed by atoms with Crippen molar-refractivity contribution in [2.75, 3.05) is 5.32 Å². The van der Waals surface area contributed by atoms with E-state index in [4.69, 9.17) is 11.6 Å². The standard InChI is InChI=1S/C17H8ClF9N2O2/c18-9-6-7(4-5-8(9)15(21,16(22,23)24)17(25,26)27)28-14(31)29-13(30)12-10(19)2-1-3-11(12)20/h1-6H,(H2,28,29,30,31). The summed E-state index contributed by atoms with van der Waals surface area (Å²) < 4.78 is 118. The maximum atomic E-state index is 14.1. The predicted octanol–water partition coefficient (Wildman–Crippen LogP) is 5.87. The van der Waals surface area contributed by atoms with Gasteiger partial charge in [-0.25, -0.2) is 18.0 Å². The second-order valence-corrected chi connectivity index (χ2v) is 6.26. The zero-order chi connectivity index (χ0) is 23.8. The lowest BCUT2D eigenvalue weighted by molar-refractivity contribution is -0.348. The highest BCUT2D eigenvalue weighted by atomic mass is 35.5. The Morgan fingerprint density at radius 2 is 1.35 bits per heavy atom. The second kappa shape index (κ2) is 8.29. The summed E-state index contributed by atoms with van der Waals surface area (Å²) >= 11 is 5.37. The first-order chi connectivity index (χ1) is 14.1. The Kier molecular flexibility index (Phi) is 6.50. The summed E-state index contributed by atoms with van der Waals surface area (Å²) in [6, 6.07) is 1.76. The van der Waals surface area contributed by atoms with Gasteiger partial charge in [0.15, 0.2) is 0 Å². The highest BCUT2D eigenvalue weighted by Gasteiger charge is 2.74. The van der Waals surface area contributed by atoms with Gasteiger partial charge in [0, 0.05) is 16.3 Å². The smallest absolute Gasteiger partial charge is 0.308 e. The second-order valence-electron chi connectivity index (χ2n) is 5.85. The summed E-state index contributed by atoms with van der Waals surface area (Å²) in [6.07, 6.45) is -12.8.